The summed E-state index contributed by atoms with van der Waals surface area (Å²) < 4.78 is 0. The summed E-state index contributed by atoms with van der Waals surface area (Å²) in [5, 5.41) is 8.86. The van der Waals surface area contributed by atoms with Gasteiger partial charge in [-0.1, -0.05) is 6.92 Å². The fraction of sp³-hybridized carbons (Fsp3) is 0.875. The Morgan fingerprint density at radius 2 is 2.36 bits per heavy atom. The van der Waals surface area contributed by atoms with Gasteiger partial charge in [0.1, 0.15) is 0 Å². The molecule has 64 valence electrons. The van der Waals surface area contributed by atoms with Gasteiger partial charge in [0.2, 0.25) is 0 Å². The van der Waals surface area contributed by atoms with Crippen LogP contribution < -0.4 is 0 Å². The van der Waals surface area contributed by atoms with E-state index in [0.717, 1.165) is 19.5 Å². The number of nitrogens with zero attached hydrogens (tertiary/aromatic N) is 1. The zero-order valence-corrected chi connectivity index (χ0v) is 7.13. The van der Waals surface area contributed by atoms with E-state index in [4.69, 9.17) is 5.11 Å². The quantitative estimate of drug-likeness (QED) is 0.644. The largest absolute Gasteiger partial charge is 0.481 e. The minimum atomic E-state index is -0.659. The lowest BCUT2D eigenvalue weighted by Gasteiger charge is -2.18. The van der Waals surface area contributed by atoms with Gasteiger partial charge in [0.25, 0.3) is 0 Å². The van der Waals surface area contributed by atoms with Crippen LogP contribution in [0.15, 0.2) is 0 Å². The Morgan fingerprint density at radius 3 is 2.64 bits per heavy atom. The fourth-order valence-corrected chi connectivity index (χ4v) is 1.50. The number of carboxylic acid groups (broad SMARTS) is 1. The first-order chi connectivity index (χ1) is 5.08. The van der Waals surface area contributed by atoms with E-state index in [0.29, 0.717) is 6.54 Å². The number of likely N-dealkylation sites (tertiary alicyclic amines) is 1. The standard InChI is InChI=1S/C8H15NO2/c1-3-9-5-4-8(2,6-9)7(10)11/h3-6H2,1-2H3,(H,10,11). The molecule has 0 aromatic heterocycles. The highest BCUT2D eigenvalue weighted by Gasteiger charge is 2.39. The molecule has 0 aromatic rings. The van der Waals surface area contributed by atoms with Crippen molar-refractivity contribution in [3.8, 4) is 0 Å². The van der Waals surface area contributed by atoms with Gasteiger partial charge in [-0.05, 0) is 26.4 Å². The molecule has 3 heteroatoms. The van der Waals surface area contributed by atoms with Crippen LogP contribution >= 0.6 is 0 Å². The molecule has 1 N–H and O–H groups in total. The van der Waals surface area contributed by atoms with Gasteiger partial charge in [0.15, 0.2) is 0 Å². The highest BCUT2D eigenvalue weighted by atomic mass is 16.4. The van der Waals surface area contributed by atoms with E-state index in [1.807, 2.05) is 6.92 Å². The van der Waals surface area contributed by atoms with Crippen LogP contribution in [0.4, 0.5) is 0 Å². The van der Waals surface area contributed by atoms with Crippen molar-refractivity contribution in [1.82, 2.24) is 4.90 Å². The van der Waals surface area contributed by atoms with E-state index < -0.39 is 11.4 Å². The first-order valence-corrected chi connectivity index (χ1v) is 4.04. The van der Waals surface area contributed by atoms with Crippen molar-refractivity contribution >= 4 is 5.97 Å². The predicted molar refractivity (Wildman–Crippen MR) is 42.5 cm³/mol. The second-order valence-corrected chi connectivity index (χ2v) is 3.48. The van der Waals surface area contributed by atoms with E-state index in [1.54, 1.807) is 0 Å². The van der Waals surface area contributed by atoms with Crippen molar-refractivity contribution in [3.63, 3.8) is 0 Å². The maximum atomic E-state index is 10.8. The third-order valence-electron chi connectivity index (χ3n) is 2.52. The summed E-state index contributed by atoms with van der Waals surface area (Å²) in [6, 6.07) is 0. The molecule has 1 rings (SSSR count). The molecular formula is C8H15NO2. The highest BCUT2D eigenvalue weighted by Crippen LogP contribution is 2.29. The van der Waals surface area contributed by atoms with Gasteiger partial charge in [0.05, 0.1) is 5.41 Å². The summed E-state index contributed by atoms with van der Waals surface area (Å²) in [4.78, 5) is 12.9. The molecule has 1 aliphatic heterocycles. The second-order valence-electron chi connectivity index (χ2n) is 3.48. The number of aliphatic carboxylic acids is 1. The molecule has 1 unspecified atom stereocenters. The zero-order chi connectivity index (χ0) is 8.48. The van der Waals surface area contributed by atoms with Crippen molar-refractivity contribution < 1.29 is 9.90 Å². The van der Waals surface area contributed by atoms with Crippen LogP contribution in [-0.2, 0) is 4.79 Å². The van der Waals surface area contributed by atoms with E-state index in [-0.39, 0.29) is 0 Å². The molecule has 0 aliphatic carbocycles. The second kappa shape index (κ2) is 2.81. The molecule has 0 spiro atoms. The number of hydrogen-bond donors (Lipinski definition) is 1. The van der Waals surface area contributed by atoms with Gasteiger partial charge in [0, 0.05) is 6.54 Å². The predicted octanol–water partition coefficient (Wildman–Crippen LogP) is 0.803. The summed E-state index contributed by atoms with van der Waals surface area (Å²) in [5.41, 5.74) is -0.490. The van der Waals surface area contributed by atoms with Crippen LogP contribution in [0.5, 0.6) is 0 Å². The topological polar surface area (TPSA) is 40.5 Å². The number of hydrogen-bond acceptors (Lipinski definition) is 2. The van der Waals surface area contributed by atoms with Gasteiger partial charge in [-0.2, -0.15) is 0 Å². The molecule has 1 fully saturated rings. The van der Waals surface area contributed by atoms with E-state index in [2.05, 4.69) is 11.8 Å². The normalized spacial score (nSPS) is 32.5. The van der Waals surface area contributed by atoms with Crippen LogP contribution in [0.3, 0.4) is 0 Å². The highest BCUT2D eigenvalue weighted by molar-refractivity contribution is 5.74. The Balaban J connectivity index is 2.57. The molecule has 1 heterocycles. The molecule has 1 aliphatic rings. The Kier molecular flexibility index (Phi) is 2.18. The Bertz CT molecular complexity index is 169. The van der Waals surface area contributed by atoms with E-state index in [9.17, 15) is 4.79 Å². The van der Waals surface area contributed by atoms with Gasteiger partial charge in [-0.3, -0.25) is 4.79 Å². The third kappa shape index (κ3) is 1.53. The summed E-state index contributed by atoms with van der Waals surface area (Å²) >= 11 is 0. The van der Waals surface area contributed by atoms with Gasteiger partial charge in [-0.25, -0.2) is 0 Å². The maximum Gasteiger partial charge on any atom is 0.310 e. The first-order valence-electron chi connectivity index (χ1n) is 4.04. The minimum absolute atomic E-state index is 0.490. The SMILES string of the molecule is CCN1CCC(C)(C(=O)O)C1. The van der Waals surface area contributed by atoms with E-state index >= 15 is 0 Å². The van der Waals surface area contributed by atoms with Crippen molar-refractivity contribution in [1.29, 1.82) is 0 Å². The van der Waals surface area contributed by atoms with Crippen molar-refractivity contribution in [2.75, 3.05) is 19.6 Å². The molecule has 0 saturated carbocycles. The molecule has 0 amide bonds. The summed E-state index contributed by atoms with van der Waals surface area (Å²) in [6.07, 6.45) is 0.788. The summed E-state index contributed by atoms with van der Waals surface area (Å²) in [6.45, 7) is 6.49. The Morgan fingerprint density at radius 1 is 1.73 bits per heavy atom. The molecule has 0 radical (unpaired) electrons. The molecule has 1 atom stereocenters. The summed E-state index contributed by atoms with van der Waals surface area (Å²) in [5.74, 6) is -0.659. The number of carboxylic acids is 1. The lowest BCUT2D eigenvalue weighted by molar-refractivity contribution is -0.147. The first kappa shape index (κ1) is 8.53. The van der Waals surface area contributed by atoms with Crippen LogP contribution in [0.25, 0.3) is 0 Å². The average Bonchev–Trinajstić information content (AvgIpc) is 2.33. The number of carbonyl (C=O) groups is 1. The zero-order valence-electron chi connectivity index (χ0n) is 7.13. The smallest absolute Gasteiger partial charge is 0.310 e. The molecular weight excluding hydrogens is 142 g/mol. The molecule has 11 heavy (non-hydrogen) atoms. The van der Waals surface area contributed by atoms with Gasteiger partial charge < -0.3 is 10.0 Å². The lowest BCUT2D eigenvalue weighted by Crippen LogP contribution is -2.31. The Hall–Kier alpha value is -0.570. The minimum Gasteiger partial charge on any atom is -0.481 e. The number of rotatable bonds is 2. The Labute approximate surface area is 67.0 Å². The van der Waals surface area contributed by atoms with E-state index in [1.165, 1.54) is 0 Å². The molecule has 1 saturated heterocycles. The van der Waals surface area contributed by atoms with Crippen LogP contribution in [0, 0.1) is 5.41 Å². The average molecular weight is 157 g/mol. The van der Waals surface area contributed by atoms with Crippen molar-refractivity contribution in [2.24, 2.45) is 5.41 Å². The van der Waals surface area contributed by atoms with Crippen molar-refractivity contribution in [2.45, 2.75) is 20.3 Å². The molecule has 0 bridgehead atoms. The van der Waals surface area contributed by atoms with Crippen molar-refractivity contribution in [3.05, 3.63) is 0 Å². The fourth-order valence-electron chi connectivity index (χ4n) is 1.50. The van der Waals surface area contributed by atoms with Crippen LogP contribution in [0.1, 0.15) is 20.3 Å². The van der Waals surface area contributed by atoms with Gasteiger partial charge in [-0.15, -0.1) is 0 Å². The maximum absolute atomic E-state index is 10.8. The summed E-state index contributed by atoms with van der Waals surface area (Å²) in [7, 11) is 0. The van der Waals surface area contributed by atoms with Crippen LogP contribution in [0.2, 0.25) is 0 Å². The molecule has 3 nitrogen and oxygen atoms in total. The van der Waals surface area contributed by atoms with Gasteiger partial charge >= 0.3 is 5.97 Å². The van der Waals surface area contributed by atoms with Crippen LogP contribution in [-0.4, -0.2) is 35.6 Å². The third-order valence-corrected chi connectivity index (χ3v) is 2.52. The monoisotopic (exact) mass is 157 g/mol. The molecule has 0 aromatic carbocycles. The lowest BCUT2D eigenvalue weighted by atomic mass is 9.90.